The van der Waals surface area contributed by atoms with Gasteiger partial charge in [-0.15, -0.1) is 0 Å². The van der Waals surface area contributed by atoms with Gasteiger partial charge in [-0.05, 0) is 79.8 Å². The molecule has 2 amide bonds. The fourth-order valence-corrected chi connectivity index (χ4v) is 6.23. The average molecular weight is 675 g/mol. The van der Waals surface area contributed by atoms with E-state index in [2.05, 4.69) is 21.2 Å². The highest BCUT2D eigenvalue weighted by Gasteiger charge is 2.33. The maximum absolute atomic E-state index is 14.2. The van der Waals surface area contributed by atoms with Crippen LogP contribution in [-0.4, -0.2) is 58.5 Å². The van der Waals surface area contributed by atoms with E-state index in [4.69, 9.17) is 9.47 Å². The molecule has 0 aliphatic heterocycles. The smallest absolute Gasteiger partial charge is 0.264 e. The molecule has 1 N–H and O–H groups in total. The van der Waals surface area contributed by atoms with Crippen molar-refractivity contribution < 1.29 is 27.5 Å². The van der Waals surface area contributed by atoms with Gasteiger partial charge in [-0.1, -0.05) is 48.0 Å². The predicted octanol–water partition coefficient (Wildman–Crippen LogP) is 5.47. The van der Waals surface area contributed by atoms with Crippen LogP contribution in [-0.2, 0) is 26.2 Å². The third kappa shape index (κ3) is 8.73. The number of anilines is 1. The van der Waals surface area contributed by atoms with Gasteiger partial charge in [0.05, 0.1) is 24.8 Å². The third-order valence-electron chi connectivity index (χ3n) is 6.83. The second kappa shape index (κ2) is 14.7. The lowest BCUT2D eigenvalue weighted by Gasteiger charge is -2.32. The van der Waals surface area contributed by atoms with Crippen LogP contribution in [0.15, 0.2) is 70.0 Å². The van der Waals surface area contributed by atoms with Crippen molar-refractivity contribution in [3.05, 3.63) is 81.8 Å². The van der Waals surface area contributed by atoms with Crippen molar-refractivity contribution in [1.29, 1.82) is 0 Å². The first-order valence-corrected chi connectivity index (χ1v) is 16.1. The number of nitrogens with one attached hydrogen (secondary N) is 1. The Labute approximate surface area is 263 Å². The summed E-state index contributed by atoms with van der Waals surface area (Å²) in [5.74, 6) is -0.0170. The van der Waals surface area contributed by atoms with Crippen molar-refractivity contribution in [2.75, 3.05) is 31.6 Å². The molecule has 43 heavy (non-hydrogen) atoms. The molecular formula is C32H40BrN3O6S. The van der Waals surface area contributed by atoms with Gasteiger partial charge in [-0.3, -0.25) is 13.9 Å². The lowest BCUT2D eigenvalue weighted by atomic mass is 10.1. The maximum Gasteiger partial charge on any atom is 0.264 e. The normalized spacial score (nSPS) is 12.0. The molecule has 0 aromatic heterocycles. The molecule has 0 saturated carbocycles. The predicted molar refractivity (Wildman–Crippen MR) is 172 cm³/mol. The highest BCUT2D eigenvalue weighted by Crippen LogP contribution is 2.33. The number of nitrogens with zero attached hydrogens (tertiary/aromatic N) is 2. The number of rotatable bonds is 13. The van der Waals surface area contributed by atoms with Crippen LogP contribution < -0.4 is 19.1 Å². The quantitative estimate of drug-likeness (QED) is 0.258. The minimum atomic E-state index is -4.28. The van der Waals surface area contributed by atoms with Crippen LogP contribution in [0.4, 0.5) is 5.69 Å². The first kappa shape index (κ1) is 33.9. The van der Waals surface area contributed by atoms with Crippen molar-refractivity contribution in [2.45, 2.75) is 52.1 Å². The van der Waals surface area contributed by atoms with Gasteiger partial charge in [0.2, 0.25) is 11.8 Å². The Balaban J connectivity index is 2.09. The molecule has 0 aliphatic carbocycles. The average Bonchev–Trinajstić information content (AvgIpc) is 2.96. The highest BCUT2D eigenvalue weighted by atomic mass is 79.9. The molecule has 3 aromatic rings. The number of hydrogen-bond donors (Lipinski definition) is 1. The fourth-order valence-electron chi connectivity index (χ4n) is 4.55. The number of methoxy groups -OCH3 is 2. The zero-order valence-corrected chi connectivity index (χ0v) is 28.1. The van der Waals surface area contributed by atoms with Crippen molar-refractivity contribution >= 4 is 43.5 Å². The molecule has 0 spiro atoms. The number of hydrogen-bond acceptors (Lipinski definition) is 6. The van der Waals surface area contributed by atoms with Crippen LogP contribution in [0.5, 0.6) is 11.5 Å². The van der Waals surface area contributed by atoms with E-state index < -0.39 is 28.5 Å². The molecule has 11 heteroatoms. The highest BCUT2D eigenvalue weighted by molar-refractivity contribution is 9.10. The molecule has 0 radical (unpaired) electrons. The molecule has 0 heterocycles. The van der Waals surface area contributed by atoms with Crippen LogP contribution in [0.1, 0.15) is 37.5 Å². The van der Waals surface area contributed by atoms with Crippen LogP contribution >= 0.6 is 15.9 Å². The largest absolute Gasteiger partial charge is 0.493 e. The zero-order valence-electron chi connectivity index (χ0n) is 25.7. The number of carbonyl (C=O) groups excluding carboxylic acids is 2. The summed E-state index contributed by atoms with van der Waals surface area (Å²) in [6, 6.07) is 16.2. The van der Waals surface area contributed by atoms with E-state index in [0.717, 1.165) is 25.5 Å². The Kier molecular flexibility index (Phi) is 11.6. The SMILES string of the molecule is COc1ccc(S(=O)(=O)N(CC(=O)N(Cc2ccc(Br)cc2)[C@@H](C)C(=O)NCC(C)C)c2cc(C)cc(C)c2)cc1OC. The number of amides is 2. The summed E-state index contributed by atoms with van der Waals surface area (Å²) >= 11 is 3.43. The molecule has 1 atom stereocenters. The third-order valence-corrected chi connectivity index (χ3v) is 9.13. The summed E-state index contributed by atoms with van der Waals surface area (Å²) in [7, 11) is -1.39. The number of benzene rings is 3. The van der Waals surface area contributed by atoms with Crippen LogP contribution in [0.25, 0.3) is 0 Å². The van der Waals surface area contributed by atoms with E-state index in [1.54, 1.807) is 19.1 Å². The minimum Gasteiger partial charge on any atom is -0.493 e. The lowest BCUT2D eigenvalue weighted by Crippen LogP contribution is -2.51. The number of aryl methyl sites for hydroxylation is 2. The lowest BCUT2D eigenvalue weighted by molar-refractivity contribution is -0.139. The number of halogens is 1. The summed E-state index contributed by atoms with van der Waals surface area (Å²) in [5, 5.41) is 2.89. The Morgan fingerprint density at radius 1 is 0.884 bits per heavy atom. The van der Waals surface area contributed by atoms with Crippen LogP contribution in [0, 0.1) is 19.8 Å². The van der Waals surface area contributed by atoms with Gasteiger partial charge >= 0.3 is 0 Å². The van der Waals surface area contributed by atoms with Crippen LogP contribution in [0.3, 0.4) is 0 Å². The second-order valence-corrected chi connectivity index (χ2v) is 13.6. The van der Waals surface area contributed by atoms with Gasteiger partial charge in [-0.25, -0.2) is 8.42 Å². The van der Waals surface area contributed by atoms with Crippen molar-refractivity contribution in [1.82, 2.24) is 10.2 Å². The summed E-state index contributed by atoms with van der Waals surface area (Å²) in [6.07, 6.45) is 0. The van der Waals surface area contributed by atoms with Gasteiger partial charge in [0.1, 0.15) is 12.6 Å². The van der Waals surface area contributed by atoms with Crippen molar-refractivity contribution in [3.63, 3.8) is 0 Å². The number of ether oxygens (including phenoxy) is 2. The van der Waals surface area contributed by atoms with Crippen molar-refractivity contribution in [2.24, 2.45) is 5.92 Å². The first-order chi connectivity index (χ1) is 20.3. The van der Waals surface area contributed by atoms with Gasteiger partial charge in [0.15, 0.2) is 11.5 Å². The Bertz CT molecular complexity index is 1520. The summed E-state index contributed by atoms with van der Waals surface area (Å²) in [4.78, 5) is 28.6. The van der Waals surface area contributed by atoms with E-state index in [9.17, 15) is 18.0 Å². The van der Waals surface area contributed by atoms with E-state index in [0.29, 0.717) is 18.0 Å². The summed E-state index contributed by atoms with van der Waals surface area (Å²) < 4.78 is 41.1. The van der Waals surface area contributed by atoms with Crippen LogP contribution in [0.2, 0.25) is 0 Å². The molecule has 0 fully saturated rings. The first-order valence-electron chi connectivity index (χ1n) is 13.9. The zero-order chi connectivity index (χ0) is 31.9. The van der Waals surface area contributed by atoms with E-state index >= 15 is 0 Å². The Morgan fingerprint density at radius 2 is 1.49 bits per heavy atom. The Hall–Kier alpha value is -3.57. The van der Waals surface area contributed by atoms with Gasteiger partial charge in [0, 0.05) is 23.6 Å². The Morgan fingerprint density at radius 3 is 2.05 bits per heavy atom. The molecule has 0 unspecified atom stereocenters. The molecule has 9 nitrogen and oxygen atoms in total. The molecule has 0 saturated heterocycles. The standard InChI is InChI=1S/C32H40BrN3O6S/c1-21(2)18-34-32(38)24(5)35(19-25-8-10-26(33)11-9-25)31(37)20-36(27-15-22(3)14-23(4)16-27)43(39,40)28-12-13-29(41-6)30(17-28)42-7/h8-17,21,24H,18-20H2,1-7H3,(H,34,38)/t24-/m0/s1. The fraction of sp³-hybridized carbons (Fsp3) is 0.375. The van der Waals surface area contributed by atoms with E-state index in [1.807, 2.05) is 58.0 Å². The summed E-state index contributed by atoms with van der Waals surface area (Å²) in [6.45, 7) is 9.37. The van der Waals surface area contributed by atoms with Gasteiger partial charge in [-0.2, -0.15) is 0 Å². The monoisotopic (exact) mass is 673 g/mol. The van der Waals surface area contributed by atoms with Gasteiger partial charge in [0.25, 0.3) is 10.0 Å². The number of sulfonamides is 1. The van der Waals surface area contributed by atoms with Gasteiger partial charge < -0.3 is 19.7 Å². The molecule has 3 aromatic carbocycles. The summed E-state index contributed by atoms with van der Waals surface area (Å²) in [5.41, 5.74) is 2.80. The molecule has 232 valence electrons. The molecular weight excluding hydrogens is 634 g/mol. The maximum atomic E-state index is 14.2. The minimum absolute atomic E-state index is 0.0701. The molecule has 3 rings (SSSR count). The number of carbonyl (C=O) groups is 2. The topological polar surface area (TPSA) is 105 Å². The van der Waals surface area contributed by atoms with Crippen molar-refractivity contribution in [3.8, 4) is 11.5 Å². The molecule has 0 aliphatic rings. The molecule has 0 bridgehead atoms. The second-order valence-electron chi connectivity index (χ2n) is 10.8. The van der Waals surface area contributed by atoms with E-state index in [1.165, 1.54) is 37.3 Å². The van der Waals surface area contributed by atoms with E-state index in [-0.39, 0.29) is 29.0 Å².